The number of nitrogens with zero attached hydrogens (tertiary/aromatic N) is 2. The number of aliphatic hydroxyl groups is 1. The molecular formula is C16H16Cl2N2O3. The van der Waals surface area contributed by atoms with Gasteiger partial charge in [-0.05, 0) is 23.3 Å². The van der Waals surface area contributed by atoms with Crippen molar-refractivity contribution >= 4 is 28.8 Å². The van der Waals surface area contributed by atoms with Crippen LogP contribution in [0.15, 0.2) is 31.1 Å². The van der Waals surface area contributed by atoms with Crippen LogP contribution in [-0.4, -0.2) is 35.4 Å². The van der Waals surface area contributed by atoms with Crippen molar-refractivity contribution < 1.29 is 14.6 Å². The molecule has 0 aliphatic heterocycles. The van der Waals surface area contributed by atoms with Crippen molar-refractivity contribution in [2.75, 3.05) is 20.3 Å². The van der Waals surface area contributed by atoms with Gasteiger partial charge in [-0.1, -0.05) is 29.8 Å². The Morgan fingerprint density at radius 3 is 2.57 bits per heavy atom. The number of hydrogen-bond donors (Lipinski definition) is 1. The maximum atomic E-state index is 8.88. The van der Waals surface area contributed by atoms with E-state index >= 15 is 0 Å². The van der Waals surface area contributed by atoms with E-state index in [1.165, 1.54) is 19.5 Å². The highest BCUT2D eigenvalue weighted by Crippen LogP contribution is 2.30. The summed E-state index contributed by atoms with van der Waals surface area (Å²) in [6.07, 6.45) is 3.50. The van der Waals surface area contributed by atoms with Crippen molar-refractivity contribution in [2.24, 2.45) is 0 Å². The van der Waals surface area contributed by atoms with E-state index in [1.807, 2.05) is 0 Å². The lowest BCUT2D eigenvalue weighted by Gasteiger charge is -2.12. The molecule has 0 saturated heterocycles. The van der Waals surface area contributed by atoms with Gasteiger partial charge in [-0.3, -0.25) is 4.98 Å². The zero-order valence-corrected chi connectivity index (χ0v) is 14.1. The lowest BCUT2D eigenvalue weighted by molar-refractivity contribution is 0.191. The smallest absolute Gasteiger partial charge is 0.257 e. The van der Waals surface area contributed by atoms with E-state index in [2.05, 4.69) is 16.5 Å². The monoisotopic (exact) mass is 354 g/mol. The third-order valence-corrected chi connectivity index (χ3v) is 3.73. The van der Waals surface area contributed by atoms with Crippen molar-refractivity contribution in [1.29, 1.82) is 0 Å². The molecule has 23 heavy (non-hydrogen) atoms. The Morgan fingerprint density at radius 2 is 1.96 bits per heavy atom. The fourth-order valence-electron chi connectivity index (χ4n) is 1.94. The zero-order valence-electron chi connectivity index (χ0n) is 12.6. The minimum absolute atomic E-state index is 0.113. The van der Waals surface area contributed by atoms with Gasteiger partial charge in [0.2, 0.25) is 0 Å². The highest BCUT2D eigenvalue weighted by Gasteiger charge is 2.13. The molecule has 0 amide bonds. The maximum Gasteiger partial charge on any atom is 0.257 e. The Balaban J connectivity index is 2.25. The third-order valence-electron chi connectivity index (χ3n) is 3.08. The predicted octanol–water partition coefficient (Wildman–Crippen LogP) is 3.42. The Morgan fingerprint density at radius 1 is 1.26 bits per heavy atom. The number of methoxy groups -OCH3 is 1. The SMILES string of the molecule is C=C(Cc1c(Cl)cncc1Cl)c1ccc(OC)c(OCCO)n1. The first-order chi connectivity index (χ1) is 11.1. The lowest BCUT2D eigenvalue weighted by atomic mass is 10.0. The number of pyridine rings is 2. The van der Waals surface area contributed by atoms with Gasteiger partial charge in [0.05, 0.1) is 29.5 Å². The summed E-state index contributed by atoms with van der Waals surface area (Å²) in [5.74, 6) is 0.780. The number of allylic oxidation sites excluding steroid dienone is 1. The molecule has 2 heterocycles. The summed E-state index contributed by atoms with van der Waals surface area (Å²) in [5, 5.41) is 9.83. The second-order valence-electron chi connectivity index (χ2n) is 4.64. The van der Waals surface area contributed by atoms with Gasteiger partial charge >= 0.3 is 0 Å². The van der Waals surface area contributed by atoms with Crippen molar-refractivity contribution in [2.45, 2.75) is 6.42 Å². The number of aromatic nitrogens is 2. The topological polar surface area (TPSA) is 64.5 Å². The van der Waals surface area contributed by atoms with Crippen LogP contribution in [0.3, 0.4) is 0 Å². The fraction of sp³-hybridized carbons (Fsp3) is 0.250. The highest BCUT2D eigenvalue weighted by molar-refractivity contribution is 6.35. The summed E-state index contributed by atoms with van der Waals surface area (Å²) in [5.41, 5.74) is 2.09. The molecule has 2 aromatic rings. The molecular weight excluding hydrogens is 339 g/mol. The number of halogens is 2. The van der Waals surface area contributed by atoms with Crippen molar-refractivity contribution in [3.05, 3.63) is 52.4 Å². The van der Waals surface area contributed by atoms with E-state index in [0.717, 1.165) is 11.1 Å². The van der Waals surface area contributed by atoms with E-state index in [9.17, 15) is 0 Å². The highest BCUT2D eigenvalue weighted by atomic mass is 35.5. The summed E-state index contributed by atoms with van der Waals surface area (Å²) in [4.78, 5) is 8.30. The van der Waals surface area contributed by atoms with Crippen LogP contribution >= 0.6 is 23.2 Å². The van der Waals surface area contributed by atoms with Crippen LogP contribution in [0, 0.1) is 0 Å². The van der Waals surface area contributed by atoms with Crippen LogP contribution in [0.4, 0.5) is 0 Å². The van der Waals surface area contributed by atoms with E-state index < -0.39 is 0 Å². The number of aliphatic hydroxyl groups excluding tert-OH is 1. The fourth-order valence-corrected chi connectivity index (χ4v) is 2.43. The summed E-state index contributed by atoms with van der Waals surface area (Å²) in [7, 11) is 1.52. The van der Waals surface area contributed by atoms with Gasteiger partial charge in [0, 0.05) is 18.8 Å². The molecule has 1 N–H and O–H groups in total. The largest absolute Gasteiger partial charge is 0.491 e. The Bertz CT molecular complexity index is 687. The number of rotatable bonds is 7. The van der Waals surface area contributed by atoms with Crippen molar-refractivity contribution in [1.82, 2.24) is 9.97 Å². The van der Waals surface area contributed by atoms with Crippen molar-refractivity contribution in [3.63, 3.8) is 0 Å². The molecule has 0 saturated carbocycles. The predicted molar refractivity (Wildman–Crippen MR) is 90.4 cm³/mol. The number of ether oxygens (including phenoxy) is 2. The van der Waals surface area contributed by atoms with Gasteiger partial charge in [-0.2, -0.15) is 0 Å². The second kappa shape index (κ2) is 8.15. The quantitative estimate of drug-likeness (QED) is 0.825. The first kappa shape index (κ1) is 17.5. The standard InChI is InChI=1S/C16H16Cl2N2O3/c1-10(7-11-12(17)8-19-9-13(11)18)14-3-4-15(22-2)16(20-14)23-6-5-21/h3-4,8-9,21H,1,5-7H2,2H3. The minimum atomic E-state index is -0.113. The van der Waals surface area contributed by atoms with Crippen LogP contribution in [-0.2, 0) is 6.42 Å². The molecule has 0 unspecified atom stereocenters. The van der Waals surface area contributed by atoms with Gasteiger partial charge < -0.3 is 14.6 Å². The summed E-state index contributed by atoms with van der Waals surface area (Å²) < 4.78 is 10.6. The molecule has 0 aliphatic carbocycles. The van der Waals surface area contributed by atoms with Crippen LogP contribution in [0.25, 0.3) is 5.57 Å². The van der Waals surface area contributed by atoms with Gasteiger partial charge in [0.15, 0.2) is 5.75 Å². The summed E-state index contributed by atoms with van der Waals surface area (Å²) in [6, 6.07) is 3.51. The molecule has 0 bridgehead atoms. The summed E-state index contributed by atoms with van der Waals surface area (Å²) >= 11 is 12.3. The normalized spacial score (nSPS) is 10.4. The van der Waals surface area contributed by atoms with E-state index in [0.29, 0.717) is 33.8 Å². The maximum absolute atomic E-state index is 8.88. The molecule has 0 spiro atoms. The van der Waals surface area contributed by atoms with Crippen LogP contribution in [0.2, 0.25) is 10.0 Å². The molecule has 0 aromatic carbocycles. The Hall–Kier alpha value is -1.82. The average molecular weight is 355 g/mol. The molecule has 0 fully saturated rings. The van der Waals surface area contributed by atoms with E-state index in [1.54, 1.807) is 12.1 Å². The first-order valence-corrected chi connectivity index (χ1v) is 7.57. The molecule has 122 valence electrons. The molecule has 2 rings (SSSR count). The van der Waals surface area contributed by atoms with E-state index in [-0.39, 0.29) is 13.2 Å². The second-order valence-corrected chi connectivity index (χ2v) is 5.45. The number of hydrogen-bond acceptors (Lipinski definition) is 5. The van der Waals surface area contributed by atoms with Crippen LogP contribution in [0.5, 0.6) is 11.6 Å². The molecule has 5 nitrogen and oxygen atoms in total. The summed E-state index contributed by atoms with van der Waals surface area (Å²) in [6.45, 7) is 4.05. The first-order valence-electron chi connectivity index (χ1n) is 6.81. The lowest BCUT2D eigenvalue weighted by Crippen LogP contribution is -2.06. The van der Waals surface area contributed by atoms with Crippen LogP contribution in [0.1, 0.15) is 11.3 Å². The third kappa shape index (κ3) is 4.34. The van der Waals surface area contributed by atoms with E-state index in [4.69, 9.17) is 37.8 Å². The molecule has 0 atom stereocenters. The van der Waals surface area contributed by atoms with Crippen LogP contribution < -0.4 is 9.47 Å². The van der Waals surface area contributed by atoms with Gasteiger partial charge in [0.1, 0.15) is 6.61 Å². The molecule has 0 aliphatic rings. The van der Waals surface area contributed by atoms with Gasteiger partial charge in [-0.25, -0.2) is 4.98 Å². The Labute approximate surface area is 144 Å². The van der Waals surface area contributed by atoms with Gasteiger partial charge in [0.25, 0.3) is 5.88 Å². The molecule has 2 aromatic heterocycles. The average Bonchev–Trinajstić information content (AvgIpc) is 2.56. The Kier molecular flexibility index (Phi) is 6.21. The minimum Gasteiger partial charge on any atom is -0.491 e. The molecule has 0 radical (unpaired) electrons. The van der Waals surface area contributed by atoms with Crippen molar-refractivity contribution in [3.8, 4) is 11.6 Å². The zero-order chi connectivity index (χ0) is 16.8. The molecule has 7 heteroatoms. The van der Waals surface area contributed by atoms with Gasteiger partial charge in [-0.15, -0.1) is 0 Å².